The van der Waals surface area contributed by atoms with Crippen molar-refractivity contribution in [3.63, 3.8) is 0 Å². The number of aromatic nitrogens is 2. The van der Waals surface area contributed by atoms with Crippen LogP contribution in [0.5, 0.6) is 0 Å². The Hall–Kier alpha value is -4.36. The first-order valence-electron chi connectivity index (χ1n) is 15.0. The molecule has 3 heterocycles. The van der Waals surface area contributed by atoms with Gasteiger partial charge in [-0.05, 0) is 67.9 Å². The zero-order valence-corrected chi connectivity index (χ0v) is 24.3. The summed E-state index contributed by atoms with van der Waals surface area (Å²) < 4.78 is 7.98. The van der Waals surface area contributed by atoms with E-state index in [-0.39, 0.29) is 11.8 Å². The number of furan rings is 1. The van der Waals surface area contributed by atoms with Gasteiger partial charge >= 0.3 is 0 Å². The van der Waals surface area contributed by atoms with Gasteiger partial charge in [-0.3, -0.25) is 4.79 Å². The Morgan fingerprint density at radius 1 is 0.881 bits per heavy atom. The van der Waals surface area contributed by atoms with E-state index in [2.05, 4.69) is 69.0 Å². The van der Waals surface area contributed by atoms with Crippen LogP contribution in [0.15, 0.2) is 108 Å². The second-order valence-corrected chi connectivity index (χ2v) is 11.2. The standard InChI is InChI=1S/C35H39N5O2/c1-37(34(41)29-14-6-3-7-15-29)26-30(28-12-4-2-5-13-28)19-22-38-20-11-21-39(24-23-38)35-36-32-17-8-9-18-33(32)40(35)27-31-16-10-25-42-31/h2-10,12-18,25,30H,11,19-24,26-27H2,1H3. The second-order valence-electron chi connectivity index (χ2n) is 11.2. The van der Waals surface area contributed by atoms with Crippen LogP contribution in [0.2, 0.25) is 0 Å². The minimum Gasteiger partial charge on any atom is -0.467 e. The molecular formula is C35H39N5O2. The fraction of sp³-hybridized carbons (Fsp3) is 0.314. The molecular weight excluding hydrogens is 522 g/mol. The molecule has 0 bridgehead atoms. The van der Waals surface area contributed by atoms with Crippen LogP contribution in [0, 0.1) is 0 Å². The predicted molar refractivity (Wildman–Crippen MR) is 168 cm³/mol. The number of rotatable bonds is 10. The molecule has 1 saturated heterocycles. The SMILES string of the molecule is CN(CC(CCN1CCCN(c2nc3ccccc3n2Cc2ccco2)CC1)c1ccccc1)C(=O)c1ccccc1. The summed E-state index contributed by atoms with van der Waals surface area (Å²) in [4.78, 5) is 25.1. The Morgan fingerprint density at radius 3 is 2.43 bits per heavy atom. The fourth-order valence-electron chi connectivity index (χ4n) is 6.05. The maximum absolute atomic E-state index is 13.1. The molecule has 1 fully saturated rings. The zero-order valence-electron chi connectivity index (χ0n) is 24.3. The van der Waals surface area contributed by atoms with E-state index in [1.807, 2.05) is 54.4 Å². The van der Waals surface area contributed by atoms with Crippen LogP contribution in [0.4, 0.5) is 5.95 Å². The summed E-state index contributed by atoms with van der Waals surface area (Å²) in [5.74, 6) is 2.27. The number of likely N-dealkylation sites (N-methyl/N-ethyl adjacent to an activating group) is 1. The van der Waals surface area contributed by atoms with Gasteiger partial charge in [-0.2, -0.15) is 0 Å². The molecule has 0 aliphatic carbocycles. The Kier molecular flexibility index (Phi) is 8.66. The van der Waals surface area contributed by atoms with Crippen LogP contribution in [-0.2, 0) is 6.54 Å². The third kappa shape index (κ3) is 6.42. The van der Waals surface area contributed by atoms with E-state index >= 15 is 0 Å². The number of para-hydroxylation sites is 2. The molecule has 2 aromatic heterocycles. The van der Waals surface area contributed by atoms with E-state index in [0.29, 0.717) is 13.1 Å². The molecule has 3 aromatic carbocycles. The van der Waals surface area contributed by atoms with E-state index in [9.17, 15) is 4.79 Å². The molecule has 0 N–H and O–H groups in total. The smallest absolute Gasteiger partial charge is 0.253 e. The lowest BCUT2D eigenvalue weighted by atomic mass is 9.94. The summed E-state index contributed by atoms with van der Waals surface area (Å²) >= 11 is 0. The number of nitrogens with zero attached hydrogens (tertiary/aromatic N) is 5. The maximum atomic E-state index is 13.1. The number of hydrogen-bond donors (Lipinski definition) is 0. The van der Waals surface area contributed by atoms with Crippen molar-refractivity contribution in [2.24, 2.45) is 0 Å². The minimum absolute atomic E-state index is 0.0689. The first-order valence-corrected chi connectivity index (χ1v) is 15.0. The van der Waals surface area contributed by atoms with Crippen molar-refractivity contribution in [1.29, 1.82) is 0 Å². The van der Waals surface area contributed by atoms with Crippen molar-refractivity contribution in [2.45, 2.75) is 25.3 Å². The number of carbonyl (C=O) groups excluding carboxylic acids is 1. The summed E-state index contributed by atoms with van der Waals surface area (Å²) in [6.07, 6.45) is 3.80. The summed E-state index contributed by atoms with van der Waals surface area (Å²) in [5, 5.41) is 0. The third-order valence-corrected chi connectivity index (χ3v) is 8.33. The van der Waals surface area contributed by atoms with Gasteiger partial charge in [0, 0.05) is 44.7 Å². The lowest BCUT2D eigenvalue weighted by Gasteiger charge is -2.28. The molecule has 6 rings (SSSR count). The minimum atomic E-state index is 0.0689. The van der Waals surface area contributed by atoms with Crippen LogP contribution >= 0.6 is 0 Å². The molecule has 5 aromatic rings. The molecule has 216 valence electrons. The van der Waals surface area contributed by atoms with Crippen molar-refractivity contribution in [2.75, 3.05) is 51.2 Å². The number of imidazole rings is 1. The summed E-state index contributed by atoms with van der Waals surface area (Å²) in [5.41, 5.74) is 4.16. The number of carbonyl (C=O) groups is 1. The Morgan fingerprint density at radius 2 is 1.64 bits per heavy atom. The maximum Gasteiger partial charge on any atom is 0.253 e. The molecule has 1 aliphatic rings. The van der Waals surface area contributed by atoms with Crippen molar-refractivity contribution in [3.05, 3.63) is 120 Å². The average Bonchev–Trinajstić information content (AvgIpc) is 3.62. The molecule has 7 heteroatoms. The monoisotopic (exact) mass is 561 g/mol. The van der Waals surface area contributed by atoms with Gasteiger partial charge in [0.25, 0.3) is 5.91 Å². The normalized spacial score (nSPS) is 15.0. The van der Waals surface area contributed by atoms with Crippen LogP contribution in [0.1, 0.15) is 40.4 Å². The molecule has 0 radical (unpaired) electrons. The topological polar surface area (TPSA) is 57.8 Å². The lowest BCUT2D eigenvalue weighted by Crippen LogP contribution is -2.35. The first-order chi connectivity index (χ1) is 20.7. The van der Waals surface area contributed by atoms with Crippen molar-refractivity contribution in [3.8, 4) is 0 Å². The van der Waals surface area contributed by atoms with Gasteiger partial charge in [-0.15, -0.1) is 0 Å². The highest BCUT2D eigenvalue weighted by Crippen LogP contribution is 2.26. The van der Waals surface area contributed by atoms with Crippen LogP contribution < -0.4 is 4.90 Å². The van der Waals surface area contributed by atoms with Gasteiger partial charge in [-0.25, -0.2) is 4.98 Å². The first kappa shape index (κ1) is 27.8. The largest absolute Gasteiger partial charge is 0.467 e. The number of amides is 1. The number of hydrogen-bond acceptors (Lipinski definition) is 5. The third-order valence-electron chi connectivity index (χ3n) is 8.33. The molecule has 42 heavy (non-hydrogen) atoms. The summed E-state index contributed by atoms with van der Waals surface area (Å²) in [6, 6.07) is 32.5. The van der Waals surface area contributed by atoms with E-state index in [1.165, 1.54) is 5.56 Å². The number of fused-ring (bicyclic) bond motifs is 1. The molecule has 1 atom stereocenters. The quantitative estimate of drug-likeness (QED) is 0.205. The van der Waals surface area contributed by atoms with Gasteiger partial charge in [0.05, 0.1) is 23.8 Å². The molecule has 1 aliphatic heterocycles. The van der Waals surface area contributed by atoms with Gasteiger partial charge in [-0.1, -0.05) is 60.7 Å². The highest BCUT2D eigenvalue weighted by molar-refractivity contribution is 5.94. The van der Waals surface area contributed by atoms with Crippen molar-refractivity contribution >= 4 is 22.9 Å². The summed E-state index contributed by atoms with van der Waals surface area (Å²) in [7, 11) is 1.92. The van der Waals surface area contributed by atoms with E-state index in [4.69, 9.17) is 9.40 Å². The van der Waals surface area contributed by atoms with Gasteiger partial charge in [0.15, 0.2) is 0 Å². The summed E-state index contributed by atoms with van der Waals surface area (Å²) in [6.45, 7) is 6.26. The lowest BCUT2D eigenvalue weighted by molar-refractivity contribution is 0.0782. The highest BCUT2D eigenvalue weighted by Gasteiger charge is 2.23. The van der Waals surface area contributed by atoms with Gasteiger partial charge < -0.3 is 23.7 Å². The average molecular weight is 562 g/mol. The highest BCUT2D eigenvalue weighted by atomic mass is 16.3. The Bertz CT molecular complexity index is 1570. The van der Waals surface area contributed by atoms with Gasteiger partial charge in [0.2, 0.25) is 5.95 Å². The van der Waals surface area contributed by atoms with Crippen molar-refractivity contribution < 1.29 is 9.21 Å². The van der Waals surface area contributed by atoms with Crippen LogP contribution in [0.3, 0.4) is 0 Å². The molecule has 7 nitrogen and oxygen atoms in total. The second kappa shape index (κ2) is 13.1. The molecule has 1 unspecified atom stereocenters. The predicted octanol–water partition coefficient (Wildman–Crippen LogP) is 6.14. The molecule has 1 amide bonds. The number of benzene rings is 3. The van der Waals surface area contributed by atoms with Crippen LogP contribution in [-0.4, -0.2) is 71.6 Å². The van der Waals surface area contributed by atoms with E-state index < -0.39 is 0 Å². The van der Waals surface area contributed by atoms with Crippen LogP contribution in [0.25, 0.3) is 11.0 Å². The molecule has 0 saturated carbocycles. The Balaban J connectivity index is 1.13. The zero-order chi connectivity index (χ0) is 28.7. The fourth-order valence-corrected chi connectivity index (χ4v) is 6.05. The van der Waals surface area contributed by atoms with E-state index in [1.54, 1.807) is 6.26 Å². The van der Waals surface area contributed by atoms with E-state index in [0.717, 1.165) is 73.9 Å². The van der Waals surface area contributed by atoms with Gasteiger partial charge in [0.1, 0.15) is 5.76 Å². The Labute approximate surface area is 248 Å². The molecule has 0 spiro atoms. The van der Waals surface area contributed by atoms with Crippen molar-refractivity contribution in [1.82, 2.24) is 19.4 Å². The number of anilines is 1.